The van der Waals surface area contributed by atoms with Gasteiger partial charge in [-0.15, -0.1) is 0 Å². The highest BCUT2D eigenvalue weighted by atomic mass is 16.2. The minimum Gasteiger partial charge on any atom is -0.267 e. The third-order valence-electron chi connectivity index (χ3n) is 4.06. The molecule has 0 heterocycles. The van der Waals surface area contributed by atoms with Crippen molar-refractivity contribution in [2.75, 3.05) is 6.54 Å². The van der Waals surface area contributed by atoms with E-state index >= 15 is 0 Å². The Hall–Kier alpha value is -2.62. The van der Waals surface area contributed by atoms with Gasteiger partial charge in [0.15, 0.2) is 0 Å². The Morgan fingerprint density at radius 2 is 1.68 bits per heavy atom. The Morgan fingerprint density at radius 3 is 2.28 bits per heavy atom. The molecule has 0 saturated heterocycles. The molecular formula is C21H26N2O2. The minimum absolute atomic E-state index is 0.199. The molecule has 2 rings (SSSR count). The van der Waals surface area contributed by atoms with E-state index in [0.29, 0.717) is 17.7 Å². The molecule has 0 aliphatic rings. The monoisotopic (exact) mass is 338 g/mol. The molecule has 0 spiro atoms. The second-order valence-electron chi connectivity index (χ2n) is 6.92. The Balaban J connectivity index is 2.23. The van der Waals surface area contributed by atoms with Crippen molar-refractivity contribution in [1.82, 2.24) is 10.4 Å². The van der Waals surface area contributed by atoms with E-state index in [9.17, 15) is 9.59 Å². The molecule has 25 heavy (non-hydrogen) atoms. The van der Waals surface area contributed by atoms with Crippen LogP contribution in [-0.2, 0) is 0 Å². The lowest BCUT2D eigenvalue weighted by Crippen LogP contribution is -2.48. The molecule has 0 unspecified atom stereocenters. The molecule has 0 aliphatic carbocycles. The number of aryl methyl sites for hydroxylation is 3. The summed E-state index contributed by atoms with van der Waals surface area (Å²) in [7, 11) is 0. The van der Waals surface area contributed by atoms with Gasteiger partial charge in [-0.05, 0) is 62.1 Å². The molecule has 132 valence electrons. The molecule has 4 heteroatoms. The number of benzene rings is 2. The number of rotatable bonds is 4. The molecule has 0 fully saturated rings. The highest BCUT2D eigenvalue weighted by Crippen LogP contribution is 2.12. The third-order valence-corrected chi connectivity index (χ3v) is 4.06. The summed E-state index contributed by atoms with van der Waals surface area (Å²) in [6, 6.07) is 12.9. The summed E-state index contributed by atoms with van der Waals surface area (Å²) in [4.78, 5) is 25.4. The van der Waals surface area contributed by atoms with Crippen LogP contribution in [0.15, 0.2) is 42.5 Å². The zero-order valence-corrected chi connectivity index (χ0v) is 15.6. The number of nitrogens with zero attached hydrogens (tertiary/aromatic N) is 1. The molecule has 2 amide bonds. The van der Waals surface area contributed by atoms with Crippen molar-refractivity contribution in [3.8, 4) is 0 Å². The molecular weight excluding hydrogens is 312 g/mol. The predicted molar refractivity (Wildman–Crippen MR) is 100 cm³/mol. The first-order chi connectivity index (χ1) is 11.8. The van der Waals surface area contributed by atoms with Crippen molar-refractivity contribution in [2.45, 2.75) is 34.6 Å². The second kappa shape index (κ2) is 7.97. The van der Waals surface area contributed by atoms with E-state index in [1.807, 2.05) is 65.0 Å². The van der Waals surface area contributed by atoms with Crippen LogP contribution in [0.25, 0.3) is 0 Å². The van der Waals surface area contributed by atoms with Crippen LogP contribution < -0.4 is 5.43 Å². The molecule has 0 bridgehead atoms. The Kier molecular flexibility index (Phi) is 5.97. The van der Waals surface area contributed by atoms with Crippen molar-refractivity contribution in [3.63, 3.8) is 0 Å². The lowest BCUT2D eigenvalue weighted by molar-refractivity contribution is 0.0558. The minimum atomic E-state index is -0.273. The quantitative estimate of drug-likeness (QED) is 0.855. The average molecular weight is 338 g/mol. The van der Waals surface area contributed by atoms with Crippen LogP contribution in [0.2, 0.25) is 0 Å². The largest absolute Gasteiger partial charge is 0.272 e. The number of hydrogen-bond acceptors (Lipinski definition) is 2. The maximum Gasteiger partial charge on any atom is 0.272 e. The van der Waals surface area contributed by atoms with Crippen LogP contribution in [0.3, 0.4) is 0 Å². The zero-order chi connectivity index (χ0) is 18.6. The number of carbonyl (C=O) groups excluding carboxylic acids is 2. The van der Waals surface area contributed by atoms with Gasteiger partial charge in [-0.3, -0.25) is 15.0 Å². The Labute approximate surface area is 149 Å². The van der Waals surface area contributed by atoms with Gasteiger partial charge >= 0.3 is 0 Å². The fraction of sp³-hybridized carbons (Fsp3) is 0.333. The van der Waals surface area contributed by atoms with E-state index in [0.717, 1.165) is 16.7 Å². The van der Waals surface area contributed by atoms with Crippen molar-refractivity contribution in [3.05, 3.63) is 70.3 Å². The van der Waals surface area contributed by atoms with E-state index in [1.165, 1.54) is 5.01 Å². The van der Waals surface area contributed by atoms with E-state index in [-0.39, 0.29) is 17.7 Å². The second-order valence-corrected chi connectivity index (χ2v) is 6.92. The van der Waals surface area contributed by atoms with Crippen LogP contribution in [-0.4, -0.2) is 23.4 Å². The first-order valence-corrected chi connectivity index (χ1v) is 8.54. The van der Waals surface area contributed by atoms with Crippen LogP contribution in [0.1, 0.15) is 51.3 Å². The third kappa shape index (κ3) is 4.92. The van der Waals surface area contributed by atoms with E-state index in [1.54, 1.807) is 12.1 Å². The summed E-state index contributed by atoms with van der Waals surface area (Å²) in [5, 5.41) is 1.41. The molecule has 0 aliphatic heterocycles. The summed E-state index contributed by atoms with van der Waals surface area (Å²) in [6.45, 7) is 10.4. The summed E-state index contributed by atoms with van der Waals surface area (Å²) in [6.07, 6.45) is 0. The standard InChI is InChI=1S/C21H26N2O2/c1-14(2)13-23(21(25)19-8-6-7-15(3)11-19)22-20(24)18-10-9-16(4)17(5)12-18/h6-12,14H,13H2,1-5H3,(H,22,24). The Morgan fingerprint density at radius 1 is 0.960 bits per heavy atom. The van der Waals surface area contributed by atoms with Crippen LogP contribution in [0, 0.1) is 26.7 Å². The summed E-state index contributed by atoms with van der Waals surface area (Å²) < 4.78 is 0. The first-order valence-electron chi connectivity index (χ1n) is 8.54. The van der Waals surface area contributed by atoms with Gasteiger partial charge in [0, 0.05) is 17.7 Å². The fourth-order valence-corrected chi connectivity index (χ4v) is 2.55. The highest BCUT2D eigenvalue weighted by Gasteiger charge is 2.20. The predicted octanol–water partition coefficient (Wildman–Crippen LogP) is 4.06. The van der Waals surface area contributed by atoms with Gasteiger partial charge < -0.3 is 0 Å². The molecule has 0 aromatic heterocycles. The molecule has 0 radical (unpaired) electrons. The molecule has 2 aromatic rings. The van der Waals surface area contributed by atoms with E-state index in [2.05, 4.69) is 5.43 Å². The maximum atomic E-state index is 12.8. The smallest absolute Gasteiger partial charge is 0.267 e. The highest BCUT2D eigenvalue weighted by molar-refractivity contribution is 5.99. The van der Waals surface area contributed by atoms with Crippen LogP contribution >= 0.6 is 0 Å². The lowest BCUT2D eigenvalue weighted by Gasteiger charge is -2.25. The van der Waals surface area contributed by atoms with Gasteiger partial charge in [-0.1, -0.05) is 37.6 Å². The normalized spacial score (nSPS) is 10.6. The van der Waals surface area contributed by atoms with Crippen molar-refractivity contribution in [2.24, 2.45) is 5.92 Å². The lowest BCUT2D eigenvalue weighted by atomic mass is 10.1. The van der Waals surface area contributed by atoms with Gasteiger partial charge in [0.2, 0.25) is 0 Å². The van der Waals surface area contributed by atoms with E-state index < -0.39 is 0 Å². The molecule has 4 nitrogen and oxygen atoms in total. The first kappa shape index (κ1) is 18.7. The fourth-order valence-electron chi connectivity index (χ4n) is 2.55. The van der Waals surface area contributed by atoms with E-state index in [4.69, 9.17) is 0 Å². The van der Waals surface area contributed by atoms with Gasteiger partial charge in [-0.25, -0.2) is 5.01 Å². The Bertz CT molecular complexity index is 781. The molecule has 0 saturated carbocycles. The van der Waals surface area contributed by atoms with Gasteiger partial charge in [-0.2, -0.15) is 0 Å². The summed E-state index contributed by atoms with van der Waals surface area (Å²) in [5.74, 6) is -0.242. The number of hydrazine groups is 1. The topological polar surface area (TPSA) is 49.4 Å². The van der Waals surface area contributed by atoms with Gasteiger partial charge in [0.1, 0.15) is 0 Å². The molecule has 0 atom stereocenters. The van der Waals surface area contributed by atoms with Crippen molar-refractivity contribution in [1.29, 1.82) is 0 Å². The summed E-state index contributed by atoms with van der Waals surface area (Å²) in [5.41, 5.74) is 7.08. The van der Waals surface area contributed by atoms with Gasteiger partial charge in [0.25, 0.3) is 11.8 Å². The molecule has 1 N–H and O–H groups in total. The van der Waals surface area contributed by atoms with Crippen LogP contribution in [0.4, 0.5) is 0 Å². The number of carbonyl (C=O) groups is 2. The van der Waals surface area contributed by atoms with Crippen LogP contribution in [0.5, 0.6) is 0 Å². The van der Waals surface area contributed by atoms with Crippen molar-refractivity contribution >= 4 is 11.8 Å². The average Bonchev–Trinajstić information content (AvgIpc) is 2.55. The maximum absolute atomic E-state index is 12.8. The molecule has 2 aromatic carbocycles. The zero-order valence-electron chi connectivity index (χ0n) is 15.6. The number of amides is 2. The number of hydrogen-bond donors (Lipinski definition) is 1. The van der Waals surface area contributed by atoms with Gasteiger partial charge in [0.05, 0.1) is 0 Å². The van der Waals surface area contributed by atoms with Crippen molar-refractivity contribution < 1.29 is 9.59 Å². The number of nitrogens with one attached hydrogen (secondary N) is 1. The SMILES string of the molecule is Cc1cccc(C(=O)N(CC(C)C)NC(=O)c2ccc(C)c(C)c2)c1. The summed E-state index contributed by atoms with van der Waals surface area (Å²) >= 11 is 0.